The van der Waals surface area contributed by atoms with Gasteiger partial charge >= 0.3 is 0 Å². The van der Waals surface area contributed by atoms with Gasteiger partial charge in [-0.2, -0.15) is 0 Å². The Morgan fingerprint density at radius 2 is 2.47 bits per heavy atom. The summed E-state index contributed by atoms with van der Waals surface area (Å²) in [6.07, 6.45) is 7.34. The SMILES string of the molecule is CCc1cnccc1C(NC)C1CCCOC1. The maximum atomic E-state index is 5.60. The summed E-state index contributed by atoms with van der Waals surface area (Å²) in [5.74, 6) is 0.585. The van der Waals surface area contributed by atoms with E-state index in [0.717, 1.165) is 19.6 Å². The first-order chi connectivity index (χ1) is 8.36. The minimum Gasteiger partial charge on any atom is -0.381 e. The van der Waals surface area contributed by atoms with Gasteiger partial charge in [-0.3, -0.25) is 4.98 Å². The number of nitrogens with one attached hydrogen (secondary N) is 1. The lowest BCUT2D eigenvalue weighted by molar-refractivity contribution is 0.0400. The second kappa shape index (κ2) is 6.12. The van der Waals surface area contributed by atoms with Crippen LogP contribution in [0.1, 0.15) is 36.9 Å². The molecular weight excluding hydrogens is 212 g/mol. The highest BCUT2D eigenvalue weighted by molar-refractivity contribution is 5.27. The summed E-state index contributed by atoms with van der Waals surface area (Å²) in [7, 11) is 2.04. The molecule has 2 rings (SSSR count). The molecule has 0 aromatic carbocycles. The van der Waals surface area contributed by atoms with Crippen molar-refractivity contribution in [3.05, 3.63) is 29.6 Å². The Morgan fingerprint density at radius 3 is 3.12 bits per heavy atom. The number of nitrogens with zero attached hydrogens (tertiary/aromatic N) is 1. The molecule has 1 saturated heterocycles. The summed E-state index contributed by atoms with van der Waals surface area (Å²) in [5.41, 5.74) is 2.73. The van der Waals surface area contributed by atoms with E-state index < -0.39 is 0 Å². The monoisotopic (exact) mass is 234 g/mol. The average molecular weight is 234 g/mol. The zero-order chi connectivity index (χ0) is 12.1. The van der Waals surface area contributed by atoms with Crippen LogP contribution >= 0.6 is 0 Å². The maximum Gasteiger partial charge on any atom is 0.0512 e. The zero-order valence-electron chi connectivity index (χ0n) is 10.8. The number of pyridine rings is 1. The van der Waals surface area contributed by atoms with Crippen LogP contribution in [0.4, 0.5) is 0 Å². The van der Waals surface area contributed by atoms with Gasteiger partial charge in [0.25, 0.3) is 0 Å². The van der Waals surface area contributed by atoms with Crippen molar-refractivity contribution in [3.63, 3.8) is 0 Å². The van der Waals surface area contributed by atoms with Crippen LogP contribution in [-0.4, -0.2) is 25.2 Å². The molecule has 94 valence electrons. The molecule has 0 spiro atoms. The Kier molecular flexibility index (Phi) is 4.51. The summed E-state index contributed by atoms with van der Waals surface area (Å²) in [4.78, 5) is 4.22. The number of rotatable bonds is 4. The van der Waals surface area contributed by atoms with E-state index in [4.69, 9.17) is 4.74 Å². The van der Waals surface area contributed by atoms with Gasteiger partial charge < -0.3 is 10.1 Å². The molecule has 1 aromatic heterocycles. The van der Waals surface area contributed by atoms with E-state index >= 15 is 0 Å². The smallest absolute Gasteiger partial charge is 0.0512 e. The third kappa shape index (κ3) is 2.85. The van der Waals surface area contributed by atoms with Crippen LogP contribution in [0.2, 0.25) is 0 Å². The van der Waals surface area contributed by atoms with E-state index in [2.05, 4.69) is 23.3 Å². The fourth-order valence-electron chi connectivity index (χ4n) is 2.71. The van der Waals surface area contributed by atoms with E-state index in [1.165, 1.54) is 24.0 Å². The van der Waals surface area contributed by atoms with Crippen LogP contribution in [0, 0.1) is 5.92 Å². The van der Waals surface area contributed by atoms with E-state index in [9.17, 15) is 0 Å². The topological polar surface area (TPSA) is 34.2 Å². The number of ether oxygens (including phenoxy) is 1. The summed E-state index contributed by atoms with van der Waals surface area (Å²) in [6.45, 7) is 3.98. The molecule has 1 N–H and O–H groups in total. The molecule has 0 aliphatic carbocycles. The van der Waals surface area contributed by atoms with Crippen LogP contribution in [-0.2, 0) is 11.2 Å². The van der Waals surface area contributed by atoms with E-state index in [1.54, 1.807) is 0 Å². The van der Waals surface area contributed by atoms with Gasteiger partial charge in [0, 0.05) is 31.0 Å². The molecule has 2 atom stereocenters. The van der Waals surface area contributed by atoms with Gasteiger partial charge in [-0.25, -0.2) is 0 Å². The third-order valence-electron chi connectivity index (χ3n) is 3.64. The highest BCUT2D eigenvalue weighted by Gasteiger charge is 2.25. The standard InChI is InChI=1S/C14H22N2O/c1-3-11-9-16-7-6-13(11)14(15-2)12-5-4-8-17-10-12/h6-7,9,12,14-15H,3-5,8,10H2,1-2H3. The van der Waals surface area contributed by atoms with Gasteiger partial charge in [-0.05, 0) is 43.5 Å². The fraction of sp³-hybridized carbons (Fsp3) is 0.643. The molecule has 0 amide bonds. The molecule has 2 heterocycles. The van der Waals surface area contributed by atoms with Gasteiger partial charge in [-0.15, -0.1) is 0 Å². The Morgan fingerprint density at radius 1 is 1.59 bits per heavy atom. The van der Waals surface area contributed by atoms with Crippen LogP contribution < -0.4 is 5.32 Å². The molecule has 3 heteroatoms. The highest BCUT2D eigenvalue weighted by atomic mass is 16.5. The van der Waals surface area contributed by atoms with Crippen molar-refractivity contribution in [1.29, 1.82) is 0 Å². The fourth-order valence-corrected chi connectivity index (χ4v) is 2.71. The molecule has 3 nitrogen and oxygen atoms in total. The zero-order valence-corrected chi connectivity index (χ0v) is 10.8. The predicted octanol–water partition coefficient (Wildman–Crippen LogP) is 2.33. The summed E-state index contributed by atoms with van der Waals surface area (Å²) < 4.78 is 5.60. The Labute approximate surface area is 104 Å². The van der Waals surface area contributed by atoms with Crippen LogP contribution in [0.15, 0.2) is 18.5 Å². The average Bonchev–Trinajstić information content (AvgIpc) is 2.41. The minimum absolute atomic E-state index is 0.397. The van der Waals surface area contributed by atoms with Crippen molar-refractivity contribution < 1.29 is 4.74 Å². The van der Waals surface area contributed by atoms with Crippen molar-refractivity contribution in [1.82, 2.24) is 10.3 Å². The molecule has 1 aliphatic rings. The molecule has 2 unspecified atom stereocenters. The first-order valence-electron chi connectivity index (χ1n) is 6.54. The minimum atomic E-state index is 0.397. The van der Waals surface area contributed by atoms with E-state index in [0.29, 0.717) is 12.0 Å². The van der Waals surface area contributed by atoms with Gasteiger partial charge in [-0.1, -0.05) is 6.92 Å². The number of aromatic nitrogens is 1. The number of hydrogen-bond acceptors (Lipinski definition) is 3. The molecule has 0 saturated carbocycles. The Hall–Kier alpha value is -0.930. The summed E-state index contributed by atoms with van der Waals surface area (Å²) in [6, 6.07) is 2.54. The molecule has 1 aliphatic heterocycles. The predicted molar refractivity (Wildman–Crippen MR) is 69.0 cm³/mol. The van der Waals surface area contributed by atoms with Gasteiger partial charge in [0.05, 0.1) is 6.61 Å². The van der Waals surface area contributed by atoms with Gasteiger partial charge in [0.1, 0.15) is 0 Å². The van der Waals surface area contributed by atoms with Crippen molar-refractivity contribution in [3.8, 4) is 0 Å². The number of aryl methyl sites for hydroxylation is 1. The van der Waals surface area contributed by atoms with Crippen molar-refractivity contribution >= 4 is 0 Å². The Balaban J connectivity index is 2.21. The highest BCUT2D eigenvalue weighted by Crippen LogP contribution is 2.30. The normalized spacial score (nSPS) is 22.4. The lowest BCUT2D eigenvalue weighted by Crippen LogP contribution is -2.32. The largest absolute Gasteiger partial charge is 0.381 e. The van der Waals surface area contributed by atoms with E-state index in [-0.39, 0.29) is 0 Å². The second-order valence-corrected chi connectivity index (χ2v) is 4.67. The van der Waals surface area contributed by atoms with Crippen molar-refractivity contribution in [2.75, 3.05) is 20.3 Å². The maximum absolute atomic E-state index is 5.60. The summed E-state index contributed by atoms with van der Waals surface area (Å²) >= 11 is 0. The van der Waals surface area contributed by atoms with E-state index in [1.807, 2.05) is 19.4 Å². The second-order valence-electron chi connectivity index (χ2n) is 4.67. The molecule has 0 bridgehead atoms. The summed E-state index contributed by atoms with van der Waals surface area (Å²) in [5, 5.41) is 3.46. The molecular formula is C14H22N2O. The molecule has 0 radical (unpaired) electrons. The van der Waals surface area contributed by atoms with Gasteiger partial charge in [0.15, 0.2) is 0 Å². The number of hydrogen-bond donors (Lipinski definition) is 1. The van der Waals surface area contributed by atoms with Crippen LogP contribution in [0.5, 0.6) is 0 Å². The van der Waals surface area contributed by atoms with Gasteiger partial charge in [0.2, 0.25) is 0 Å². The Bertz CT molecular complexity index is 348. The first-order valence-corrected chi connectivity index (χ1v) is 6.54. The molecule has 1 aromatic rings. The van der Waals surface area contributed by atoms with Crippen LogP contribution in [0.3, 0.4) is 0 Å². The lowest BCUT2D eigenvalue weighted by Gasteiger charge is -2.31. The lowest BCUT2D eigenvalue weighted by atomic mass is 9.87. The quantitative estimate of drug-likeness (QED) is 0.868. The van der Waals surface area contributed by atoms with Crippen molar-refractivity contribution in [2.24, 2.45) is 5.92 Å². The molecule has 1 fully saturated rings. The molecule has 17 heavy (non-hydrogen) atoms. The van der Waals surface area contributed by atoms with Crippen molar-refractivity contribution in [2.45, 2.75) is 32.2 Å². The third-order valence-corrected chi connectivity index (χ3v) is 3.64. The first kappa shape index (κ1) is 12.5. The van der Waals surface area contributed by atoms with Crippen LogP contribution in [0.25, 0.3) is 0 Å².